The number of methoxy groups -OCH3 is 1. The van der Waals surface area contributed by atoms with Crippen molar-refractivity contribution in [2.45, 2.75) is 211 Å². The molecule has 1 aromatic heterocycles. The van der Waals surface area contributed by atoms with Gasteiger partial charge in [-0.1, -0.05) is 20.8 Å². The molecule has 5 heterocycles. The zero-order chi connectivity index (χ0) is 59.2. The zero-order valence-electron chi connectivity index (χ0n) is 49.7. The number of aryl methyl sites for hydroxylation is 2. The number of hydrogen-bond acceptors (Lipinski definition) is 20. The van der Waals surface area contributed by atoms with E-state index >= 15 is 0 Å². The van der Waals surface area contributed by atoms with Crippen molar-refractivity contribution in [2.24, 2.45) is 17.8 Å². The highest BCUT2D eigenvalue weighted by Gasteiger charge is 2.54. The fraction of sp³-hybridized carbons (Fsp3) is 0.793. The number of cyclic esters (lactones) is 1. The Bertz CT molecular complexity index is 2460. The Morgan fingerprint density at radius 3 is 2.26 bits per heavy atom. The van der Waals surface area contributed by atoms with E-state index in [-0.39, 0.29) is 69.1 Å². The van der Waals surface area contributed by atoms with Gasteiger partial charge >= 0.3 is 17.9 Å². The predicted molar refractivity (Wildman–Crippen MR) is 296 cm³/mol. The van der Waals surface area contributed by atoms with Crippen molar-refractivity contribution in [3.63, 3.8) is 0 Å². The summed E-state index contributed by atoms with van der Waals surface area (Å²) in [4.78, 5) is 56.6. The number of aliphatic hydroxyl groups excluding tert-OH is 2. The van der Waals surface area contributed by atoms with Gasteiger partial charge in [-0.05, 0) is 125 Å². The Morgan fingerprint density at radius 1 is 0.925 bits per heavy atom. The summed E-state index contributed by atoms with van der Waals surface area (Å²) in [6.45, 7) is 19.7. The standard InChI is InChI=1S/C58H94N4O18/c1-15-43-58(10,71)50(66)36(6)61(13)30-32(2)28-56(8,70)51(80-55-48(65)42(60(11)12)25-33(3)75-55)34(4)49(35(5)54(69)77-43)79-45-29-57(9,72-14)52(37(7)76-45)78-44(63)18-21-73-23-24-74-22-19-59-39-26-38-17-16-20-62-31-41(53(67)68)47(64)40(27-39)46(38)62/h26-27,31-37,42-43,45,48-52,55,59,65-66,70-71H,15-25,28-30H2,1-14H3,(H,67,68)/t32-,33-,34+,35-,36-,37+,42+,43-,45?,48-,49+,50-,51-,52+,55+,56-,57-,58-/m1/s1. The molecule has 1 aromatic carbocycles. The van der Waals surface area contributed by atoms with Gasteiger partial charge in [0.1, 0.15) is 35.1 Å². The Morgan fingerprint density at radius 2 is 1.61 bits per heavy atom. The van der Waals surface area contributed by atoms with E-state index in [1.807, 2.05) is 55.4 Å². The molecule has 3 saturated heterocycles. The summed E-state index contributed by atoms with van der Waals surface area (Å²) in [5.74, 6) is -4.70. The molecular weight excluding hydrogens is 1040 g/mol. The van der Waals surface area contributed by atoms with Gasteiger partial charge in [0.2, 0.25) is 5.43 Å². The summed E-state index contributed by atoms with van der Waals surface area (Å²) >= 11 is 0. The number of hydrogen-bond donors (Lipinski definition) is 6. The minimum absolute atomic E-state index is 0.0287. The molecule has 22 heteroatoms. The van der Waals surface area contributed by atoms with Gasteiger partial charge < -0.3 is 87.8 Å². The van der Waals surface area contributed by atoms with Crippen LogP contribution in [0.1, 0.15) is 124 Å². The second kappa shape index (κ2) is 27.7. The van der Waals surface area contributed by atoms with E-state index in [0.717, 1.165) is 23.9 Å². The van der Waals surface area contributed by atoms with Crippen LogP contribution in [0.3, 0.4) is 0 Å². The molecule has 0 aliphatic carbocycles. The number of ether oxygens (including phenoxy) is 9. The normalized spacial score (nSPS) is 36.9. The molecule has 6 rings (SSSR count). The van der Waals surface area contributed by atoms with Crippen LogP contribution in [0.4, 0.5) is 5.69 Å². The summed E-state index contributed by atoms with van der Waals surface area (Å²) in [6.07, 6.45) is -6.20. The van der Waals surface area contributed by atoms with Gasteiger partial charge in [-0.25, -0.2) is 4.79 Å². The number of pyridine rings is 1. The highest BCUT2D eigenvalue weighted by atomic mass is 16.7. The van der Waals surface area contributed by atoms with E-state index in [9.17, 15) is 44.7 Å². The highest BCUT2D eigenvalue weighted by molar-refractivity contribution is 5.95. The largest absolute Gasteiger partial charge is 0.477 e. The number of carboxylic acid groups (broad SMARTS) is 1. The van der Waals surface area contributed by atoms with E-state index in [2.05, 4.69) is 5.32 Å². The third kappa shape index (κ3) is 15.3. The van der Waals surface area contributed by atoms with Crippen LogP contribution in [0, 0.1) is 17.8 Å². The van der Waals surface area contributed by atoms with E-state index in [1.54, 1.807) is 54.5 Å². The molecule has 6 N–H and O–H groups in total. The number of benzene rings is 1. The molecule has 0 amide bonds. The molecule has 454 valence electrons. The third-order valence-corrected chi connectivity index (χ3v) is 17.1. The lowest BCUT2D eigenvalue weighted by atomic mass is 9.77. The summed E-state index contributed by atoms with van der Waals surface area (Å²) in [5.41, 5.74) is -2.99. The first-order valence-electron chi connectivity index (χ1n) is 28.6. The molecule has 1 unspecified atom stereocenters. The van der Waals surface area contributed by atoms with Crippen LogP contribution in [-0.4, -0.2) is 216 Å². The maximum Gasteiger partial charge on any atom is 0.341 e. The Balaban J connectivity index is 1.11. The number of anilines is 1. The number of rotatable bonds is 19. The fourth-order valence-electron chi connectivity index (χ4n) is 12.6. The topological polar surface area (TPSA) is 276 Å². The summed E-state index contributed by atoms with van der Waals surface area (Å²) in [6, 6.07) is 2.75. The number of nitrogens with one attached hydrogen (secondary N) is 1. The molecule has 22 nitrogen and oxygen atoms in total. The van der Waals surface area contributed by atoms with Gasteiger partial charge in [0.15, 0.2) is 18.7 Å². The lowest BCUT2D eigenvalue weighted by Gasteiger charge is -2.49. The molecule has 3 fully saturated rings. The number of aromatic nitrogens is 1. The number of carboxylic acids is 1. The molecule has 2 aromatic rings. The molecule has 0 radical (unpaired) electrons. The van der Waals surface area contributed by atoms with Gasteiger partial charge in [0.25, 0.3) is 0 Å². The van der Waals surface area contributed by atoms with Crippen LogP contribution < -0.4 is 10.7 Å². The summed E-state index contributed by atoms with van der Waals surface area (Å²) in [5, 5.41) is 61.4. The lowest BCUT2D eigenvalue weighted by Crippen LogP contribution is -2.61. The first kappa shape index (κ1) is 65.3. The number of nitrogens with zero attached hydrogens (tertiary/aromatic N) is 3. The number of aromatic carboxylic acids is 1. The minimum Gasteiger partial charge on any atom is -0.477 e. The number of carbonyl (C=O) groups is 3. The Hall–Kier alpha value is -3.88. The van der Waals surface area contributed by atoms with E-state index in [0.29, 0.717) is 43.7 Å². The average molecular weight is 1140 g/mol. The van der Waals surface area contributed by atoms with Crippen LogP contribution >= 0.6 is 0 Å². The molecule has 4 aliphatic rings. The monoisotopic (exact) mass is 1130 g/mol. The molecule has 4 aliphatic heterocycles. The van der Waals surface area contributed by atoms with E-state index in [1.165, 1.54) is 20.2 Å². The maximum atomic E-state index is 14.6. The van der Waals surface area contributed by atoms with Crippen molar-refractivity contribution < 1.29 is 82.5 Å². The number of carbonyl (C=O) groups excluding carboxylic acids is 2. The van der Waals surface area contributed by atoms with Crippen molar-refractivity contribution in [3.05, 3.63) is 39.7 Å². The molecular formula is C58H94N4O18. The second-order valence-corrected chi connectivity index (χ2v) is 24.0. The van der Waals surface area contributed by atoms with Gasteiger partial charge in [-0.15, -0.1) is 0 Å². The molecule has 0 bridgehead atoms. The fourth-order valence-corrected chi connectivity index (χ4v) is 12.6. The maximum absolute atomic E-state index is 14.6. The number of esters is 2. The number of aliphatic hydroxyl groups is 4. The first-order valence-corrected chi connectivity index (χ1v) is 28.6. The smallest absolute Gasteiger partial charge is 0.341 e. The summed E-state index contributed by atoms with van der Waals surface area (Å²) in [7, 11) is 7.06. The van der Waals surface area contributed by atoms with Gasteiger partial charge in [0.05, 0.1) is 74.3 Å². The predicted octanol–water partition coefficient (Wildman–Crippen LogP) is 3.95. The van der Waals surface area contributed by atoms with Crippen molar-refractivity contribution in [2.75, 3.05) is 73.1 Å². The van der Waals surface area contributed by atoms with E-state index in [4.69, 9.17) is 42.6 Å². The third-order valence-electron chi connectivity index (χ3n) is 17.1. The molecule has 0 saturated carbocycles. The van der Waals surface area contributed by atoms with Crippen LogP contribution in [0.15, 0.2) is 23.1 Å². The molecule has 0 spiro atoms. The Kier molecular flexibility index (Phi) is 22.6. The van der Waals surface area contributed by atoms with Crippen LogP contribution in [0.25, 0.3) is 10.9 Å². The molecule has 80 heavy (non-hydrogen) atoms. The van der Waals surface area contributed by atoms with Crippen LogP contribution in [-0.2, 0) is 65.2 Å². The van der Waals surface area contributed by atoms with Crippen LogP contribution in [0.5, 0.6) is 0 Å². The zero-order valence-corrected chi connectivity index (χ0v) is 49.7. The Labute approximate surface area is 471 Å². The average Bonchev–Trinajstić information content (AvgIpc) is 3.39. The first-order chi connectivity index (χ1) is 37.5. The van der Waals surface area contributed by atoms with Gasteiger partial charge in [0, 0.05) is 68.4 Å². The van der Waals surface area contributed by atoms with Crippen molar-refractivity contribution >= 4 is 34.5 Å². The number of likely N-dealkylation sites (N-methyl/N-ethyl adjacent to an activating group) is 2. The molecule has 18 atom stereocenters. The van der Waals surface area contributed by atoms with Crippen molar-refractivity contribution in [3.8, 4) is 0 Å². The minimum atomic E-state index is -1.87. The second-order valence-electron chi connectivity index (χ2n) is 24.0. The quantitative estimate of drug-likeness (QED) is 0.0858. The lowest BCUT2D eigenvalue weighted by molar-refractivity contribution is -0.318. The van der Waals surface area contributed by atoms with Gasteiger partial charge in [-0.2, -0.15) is 0 Å². The van der Waals surface area contributed by atoms with Gasteiger partial charge in [-0.3, -0.25) is 14.4 Å². The van der Waals surface area contributed by atoms with Crippen molar-refractivity contribution in [1.82, 2.24) is 14.4 Å². The highest BCUT2D eigenvalue weighted by Crippen LogP contribution is 2.41. The van der Waals surface area contributed by atoms with Crippen LogP contribution in [0.2, 0.25) is 0 Å². The van der Waals surface area contributed by atoms with E-state index < -0.39 is 113 Å². The van der Waals surface area contributed by atoms with Crippen molar-refractivity contribution in [1.29, 1.82) is 0 Å². The summed E-state index contributed by atoms with van der Waals surface area (Å²) < 4.78 is 58.1. The SMILES string of the molecule is CC[C@H]1OC(=O)[C@H](C)[C@@H](OC2C[C@@](C)(OC)[C@@H](OC(=O)CCOCCOCCNc3cc4c5c(c3)c(=O)c(C(=O)O)cn5CCC4)[C@H](C)O2)[C@H](C)[C@@H](O[C@@H]2O[C@H](C)C[C@H](N(C)C)[C@H]2O)[C@](C)(O)C[C@@H](C)CN(C)[C@H](C)[C@@H](O)[C@]1(C)O.